The van der Waals surface area contributed by atoms with Crippen LogP contribution < -0.4 is 5.32 Å². The maximum absolute atomic E-state index is 11.9. The van der Waals surface area contributed by atoms with Gasteiger partial charge in [-0.15, -0.1) is 0 Å². The van der Waals surface area contributed by atoms with Crippen molar-refractivity contribution in [3.05, 3.63) is 24.0 Å². The van der Waals surface area contributed by atoms with E-state index in [4.69, 9.17) is 4.74 Å². The highest BCUT2D eigenvalue weighted by Crippen LogP contribution is 2.29. The number of sulfone groups is 1. The predicted molar refractivity (Wildman–Crippen MR) is 80.0 cm³/mol. The van der Waals surface area contributed by atoms with Crippen LogP contribution in [0, 0.1) is 0 Å². The summed E-state index contributed by atoms with van der Waals surface area (Å²) in [4.78, 5) is 4.88. The number of hydrogen-bond acceptors (Lipinski definition) is 5. The van der Waals surface area contributed by atoms with Gasteiger partial charge < -0.3 is 14.6 Å². The van der Waals surface area contributed by atoms with E-state index in [1.807, 2.05) is 17.7 Å². The second-order valence-corrected chi connectivity index (χ2v) is 7.46. The third kappa shape index (κ3) is 2.45. The summed E-state index contributed by atoms with van der Waals surface area (Å²) in [7, 11) is 0.322. The number of imidazole rings is 1. The van der Waals surface area contributed by atoms with Crippen LogP contribution in [0.5, 0.6) is 0 Å². The topological polar surface area (TPSA) is 73.2 Å². The number of nitrogens with one attached hydrogen (secondary N) is 1. The van der Waals surface area contributed by atoms with E-state index in [-0.39, 0.29) is 17.0 Å². The minimum absolute atomic E-state index is 0.0831. The molecule has 6 nitrogen and oxygen atoms in total. The van der Waals surface area contributed by atoms with E-state index < -0.39 is 9.84 Å². The standard InChI is InChI=1S/C14H19N3O3S/c1-17-11-5-4-6-12(21(3,18)19)13(11)16-14(17)10-7-9(20-2)8-15-10/h4-6,9-10,15H,7-8H2,1-3H3. The third-order valence-electron chi connectivity index (χ3n) is 4.04. The Balaban J connectivity index is 2.12. The summed E-state index contributed by atoms with van der Waals surface area (Å²) in [6.07, 6.45) is 2.22. The van der Waals surface area contributed by atoms with Gasteiger partial charge in [-0.05, 0) is 18.6 Å². The summed E-state index contributed by atoms with van der Waals surface area (Å²) in [6.45, 7) is 0.781. The zero-order valence-electron chi connectivity index (χ0n) is 12.3. The van der Waals surface area contributed by atoms with Gasteiger partial charge in [0.25, 0.3) is 0 Å². The number of rotatable bonds is 3. The number of hydrogen-bond donors (Lipinski definition) is 1. The van der Waals surface area contributed by atoms with Gasteiger partial charge in [0.1, 0.15) is 11.3 Å². The average Bonchev–Trinajstić information content (AvgIpc) is 3.02. The van der Waals surface area contributed by atoms with Gasteiger partial charge in [-0.2, -0.15) is 0 Å². The maximum atomic E-state index is 11.9. The number of benzene rings is 1. The van der Waals surface area contributed by atoms with Gasteiger partial charge in [0.05, 0.1) is 22.6 Å². The molecule has 7 heteroatoms. The fraction of sp³-hybridized carbons (Fsp3) is 0.500. The van der Waals surface area contributed by atoms with Crippen molar-refractivity contribution in [2.24, 2.45) is 7.05 Å². The van der Waals surface area contributed by atoms with Gasteiger partial charge in [-0.3, -0.25) is 0 Å². The molecule has 1 aliphatic heterocycles. The van der Waals surface area contributed by atoms with Crippen LogP contribution in [-0.4, -0.2) is 44.0 Å². The summed E-state index contributed by atoms with van der Waals surface area (Å²) < 4.78 is 31.1. The zero-order chi connectivity index (χ0) is 15.2. The molecule has 1 aromatic heterocycles. The van der Waals surface area contributed by atoms with E-state index in [1.54, 1.807) is 19.2 Å². The molecule has 1 N–H and O–H groups in total. The molecule has 2 heterocycles. The first-order valence-corrected chi connectivity index (χ1v) is 8.72. The maximum Gasteiger partial charge on any atom is 0.177 e. The molecule has 0 aliphatic carbocycles. The highest BCUT2D eigenvalue weighted by molar-refractivity contribution is 7.91. The molecular formula is C14H19N3O3S. The van der Waals surface area contributed by atoms with E-state index in [0.29, 0.717) is 5.52 Å². The Bertz CT molecular complexity index is 782. The lowest BCUT2D eigenvalue weighted by atomic mass is 10.2. The number of nitrogens with zero attached hydrogens (tertiary/aromatic N) is 2. The molecule has 2 atom stereocenters. The van der Waals surface area contributed by atoms with Crippen LogP contribution in [0.1, 0.15) is 18.3 Å². The molecule has 0 amide bonds. The molecule has 1 saturated heterocycles. The number of aromatic nitrogens is 2. The quantitative estimate of drug-likeness (QED) is 0.916. The van der Waals surface area contributed by atoms with Crippen LogP contribution in [0.4, 0.5) is 0 Å². The molecule has 0 spiro atoms. The van der Waals surface area contributed by atoms with E-state index in [1.165, 1.54) is 6.26 Å². The molecule has 1 fully saturated rings. The summed E-state index contributed by atoms with van der Waals surface area (Å²) in [5.41, 5.74) is 1.37. The fourth-order valence-corrected chi connectivity index (χ4v) is 3.72. The minimum atomic E-state index is -3.29. The molecule has 0 radical (unpaired) electrons. The number of aryl methyl sites for hydroxylation is 1. The van der Waals surface area contributed by atoms with E-state index in [2.05, 4.69) is 10.3 Å². The van der Waals surface area contributed by atoms with Crippen LogP contribution in [0.2, 0.25) is 0 Å². The third-order valence-corrected chi connectivity index (χ3v) is 5.17. The van der Waals surface area contributed by atoms with E-state index in [0.717, 1.165) is 24.3 Å². The zero-order valence-corrected chi connectivity index (χ0v) is 13.1. The number of para-hydroxylation sites is 1. The first-order chi connectivity index (χ1) is 9.91. The number of methoxy groups -OCH3 is 1. The smallest absolute Gasteiger partial charge is 0.177 e. The van der Waals surface area contributed by atoms with Gasteiger partial charge in [0.15, 0.2) is 9.84 Å². The lowest BCUT2D eigenvalue weighted by molar-refractivity contribution is 0.117. The van der Waals surface area contributed by atoms with Crippen LogP contribution >= 0.6 is 0 Å². The molecule has 0 bridgehead atoms. The van der Waals surface area contributed by atoms with Crippen molar-refractivity contribution in [3.63, 3.8) is 0 Å². The lowest BCUT2D eigenvalue weighted by Gasteiger charge is -2.10. The first-order valence-electron chi connectivity index (χ1n) is 6.83. The van der Waals surface area contributed by atoms with Gasteiger partial charge >= 0.3 is 0 Å². The molecule has 1 aromatic carbocycles. The lowest BCUT2D eigenvalue weighted by Crippen LogP contribution is -2.18. The van der Waals surface area contributed by atoms with Crippen molar-refractivity contribution in [1.82, 2.24) is 14.9 Å². The van der Waals surface area contributed by atoms with Crippen molar-refractivity contribution < 1.29 is 13.2 Å². The Kier molecular flexibility index (Phi) is 3.51. The molecule has 1 aliphatic rings. The number of ether oxygens (including phenoxy) is 1. The van der Waals surface area contributed by atoms with Gasteiger partial charge in [-0.1, -0.05) is 6.07 Å². The number of fused-ring (bicyclic) bond motifs is 1. The van der Waals surface area contributed by atoms with Crippen molar-refractivity contribution in [1.29, 1.82) is 0 Å². The van der Waals surface area contributed by atoms with E-state index in [9.17, 15) is 8.42 Å². The Labute approximate surface area is 124 Å². The molecule has 3 rings (SSSR count). The molecule has 2 aromatic rings. The predicted octanol–water partition coefficient (Wildman–Crippen LogP) is 1.03. The van der Waals surface area contributed by atoms with Crippen molar-refractivity contribution in [3.8, 4) is 0 Å². The molecule has 0 saturated carbocycles. The molecule has 21 heavy (non-hydrogen) atoms. The fourth-order valence-electron chi connectivity index (χ4n) is 2.90. The first kappa shape index (κ1) is 14.5. The van der Waals surface area contributed by atoms with Crippen LogP contribution in [0.15, 0.2) is 23.1 Å². The van der Waals surface area contributed by atoms with Crippen molar-refractivity contribution in [2.45, 2.75) is 23.5 Å². The summed E-state index contributed by atoms with van der Waals surface area (Å²) in [6, 6.07) is 5.34. The van der Waals surface area contributed by atoms with Gasteiger partial charge in [0.2, 0.25) is 0 Å². The molecule has 114 valence electrons. The summed E-state index contributed by atoms with van der Waals surface area (Å²) >= 11 is 0. The van der Waals surface area contributed by atoms with Crippen molar-refractivity contribution >= 4 is 20.9 Å². The summed E-state index contributed by atoms with van der Waals surface area (Å²) in [5, 5.41) is 3.38. The highest BCUT2D eigenvalue weighted by Gasteiger charge is 2.29. The van der Waals surface area contributed by atoms with Crippen LogP contribution in [-0.2, 0) is 21.6 Å². The normalized spacial score (nSPS) is 23.0. The Morgan fingerprint density at radius 3 is 2.81 bits per heavy atom. The largest absolute Gasteiger partial charge is 0.380 e. The minimum Gasteiger partial charge on any atom is -0.380 e. The SMILES string of the molecule is COC1CNC(c2nc3c(S(C)(=O)=O)cccc3n2C)C1. The second kappa shape index (κ2) is 5.08. The monoisotopic (exact) mass is 309 g/mol. The van der Waals surface area contributed by atoms with Crippen molar-refractivity contribution in [2.75, 3.05) is 19.9 Å². The van der Waals surface area contributed by atoms with E-state index >= 15 is 0 Å². The average molecular weight is 309 g/mol. The molecule has 2 unspecified atom stereocenters. The Morgan fingerprint density at radius 1 is 1.43 bits per heavy atom. The highest BCUT2D eigenvalue weighted by atomic mass is 32.2. The van der Waals surface area contributed by atoms with Crippen LogP contribution in [0.3, 0.4) is 0 Å². The second-order valence-electron chi connectivity index (χ2n) is 5.48. The van der Waals surface area contributed by atoms with Gasteiger partial charge in [-0.25, -0.2) is 13.4 Å². The van der Waals surface area contributed by atoms with Gasteiger partial charge in [0, 0.05) is 27.0 Å². The molecular weight excluding hydrogens is 290 g/mol. The Morgan fingerprint density at radius 2 is 2.19 bits per heavy atom. The Hall–Kier alpha value is -1.44. The summed E-state index contributed by atoms with van der Waals surface area (Å²) in [5.74, 6) is 0.848. The van der Waals surface area contributed by atoms with Crippen LogP contribution in [0.25, 0.3) is 11.0 Å².